The summed E-state index contributed by atoms with van der Waals surface area (Å²) >= 11 is 0. The van der Waals surface area contributed by atoms with Crippen molar-refractivity contribution in [1.82, 2.24) is 10.3 Å². The molecule has 3 heteroatoms. The molecule has 0 spiro atoms. The molecule has 2 nitrogen and oxygen atoms in total. The van der Waals surface area contributed by atoms with Crippen LogP contribution >= 0.6 is 0 Å². The number of hydrogen-bond donors (Lipinski definition) is 1. The van der Waals surface area contributed by atoms with Gasteiger partial charge >= 0.3 is 0 Å². The Morgan fingerprint density at radius 3 is 2.56 bits per heavy atom. The lowest BCUT2D eigenvalue weighted by Gasteiger charge is -2.35. The zero-order valence-corrected chi connectivity index (χ0v) is 11.5. The molecule has 2 rings (SSSR count). The van der Waals surface area contributed by atoms with Crippen molar-refractivity contribution in [3.63, 3.8) is 0 Å². The second-order valence-corrected chi connectivity index (χ2v) is 6.23. The third kappa shape index (κ3) is 3.52. The second-order valence-electron chi connectivity index (χ2n) is 6.23. The van der Waals surface area contributed by atoms with Gasteiger partial charge in [-0.1, -0.05) is 13.8 Å². The van der Waals surface area contributed by atoms with E-state index in [1.165, 1.54) is 37.9 Å². The highest BCUT2D eigenvalue weighted by molar-refractivity contribution is 5.09. The Labute approximate surface area is 109 Å². The summed E-state index contributed by atoms with van der Waals surface area (Å²) in [6.45, 7) is 6.78. The Kier molecular flexibility index (Phi) is 4.00. The zero-order chi connectivity index (χ0) is 13.2. The van der Waals surface area contributed by atoms with Gasteiger partial charge in [0.25, 0.3) is 0 Å². The van der Waals surface area contributed by atoms with Crippen LogP contribution in [-0.4, -0.2) is 11.0 Å². The van der Waals surface area contributed by atoms with Crippen molar-refractivity contribution < 1.29 is 4.39 Å². The van der Waals surface area contributed by atoms with Gasteiger partial charge in [0.1, 0.15) is 5.82 Å². The minimum Gasteiger partial charge on any atom is -0.306 e. The van der Waals surface area contributed by atoms with Crippen LogP contribution in [0.3, 0.4) is 0 Å². The Bertz CT molecular complexity index is 376. The number of nitrogens with one attached hydrogen (secondary N) is 1. The van der Waals surface area contributed by atoms with Crippen LogP contribution in [0.5, 0.6) is 0 Å². The minimum atomic E-state index is -0.273. The van der Waals surface area contributed by atoms with Gasteiger partial charge in [0.15, 0.2) is 0 Å². The molecule has 0 amide bonds. The summed E-state index contributed by atoms with van der Waals surface area (Å²) in [5, 5.41) is 3.61. The normalized spacial score (nSPS) is 21.8. The van der Waals surface area contributed by atoms with Gasteiger partial charge in [-0.15, -0.1) is 0 Å². The number of hydrogen-bond acceptors (Lipinski definition) is 2. The quantitative estimate of drug-likeness (QED) is 0.881. The predicted octanol–water partition coefficient (Wildman–Crippen LogP) is 3.84. The van der Waals surface area contributed by atoms with Crippen LogP contribution in [0.4, 0.5) is 4.39 Å². The fourth-order valence-electron chi connectivity index (χ4n) is 2.65. The van der Waals surface area contributed by atoms with E-state index in [0.717, 1.165) is 5.69 Å². The molecule has 1 unspecified atom stereocenters. The maximum absolute atomic E-state index is 12.8. The summed E-state index contributed by atoms with van der Waals surface area (Å²) in [5.74, 6) is -0.273. The Hall–Kier alpha value is -0.960. The first-order valence-corrected chi connectivity index (χ1v) is 6.84. The Balaban J connectivity index is 1.88. The van der Waals surface area contributed by atoms with E-state index in [1.807, 2.05) is 0 Å². The third-order valence-corrected chi connectivity index (χ3v) is 4.02. The zero-order valence-electron chi connectivity index (χ0n) is 11.5. The Morgan fingerprint density at radius 1 is 1.33 bits per heavy atom. The van der Waals surface area contributed by atoms with Gasteiger partial charge in [-0.25, -0.2) is 4.39 Å². The highest BCUT2D eigenvalue weighted by atomic mass is 19.1. The smallest absolute Gasteiger partial charge is 0.141 e. The van der Waals surface area contributed by atoms with E-state index in [2.05, 4.69) is 31.1 Å². The fourth-order valence-corrected chi connectivity index (χ4v) is 2.65. The summed E-state index contributed by atoms with van der Waals surface area (Å²) in [4.78, 5) is 4.13. The van der Waals surface area contributed by atoms with Crippen LogP contribution in [0.25, 0.3) is 0 Å². The number of aromatic nitrogens is 1. The molecule has 0 aromatic carbocycles. The SMILES string of the molecule is CC(NC1CCC(C)(C)CC1)c1ccc(F)cn1. The molecule has 0 aliphatic heterocycles. The maximum atomic E-state index is 12.8. The van der Waals surface area contributed by atoms with E-state index in [0.29, 0.717) is 11.5 Å². The van der Waals surface area contributed by atoms with Crippen molar-refractivity contribution in [1.29, 1.82) is 0 Å². The molecule has 18 heavy (non-hydrogen) atoms. The largest absolute Gasteiger partial charge is 0.306 e. The van der Waals surface area contributed by atoms with E-state index in [1.54, 1.807) is 6.07 Å². The third-order valence-electron chi connectivity index (χ3n) is 4.02. The molecule has 1 aliphatic carbocycles. The first-order valence-electron chi connectivity index (χ1n) is 6.84. The summed E-state index contributed by atoms with van der Waals surface area (Å²) < 4.78 is 12.8. The van der Waals surface area contributed by atoms with Crippen molar-refractivity contribution in [3.05, 3.63) is 29.8 Å². The van der Waals surface area contributed by atoms with Crippen LogP contribution in [0, 0.1) is 11.2 Å². The highest BCUT2D eigenvalue weighted by Gasteiger charge is 2.27. The lowest BCUT2D eigenvalue weighted by atomic mass is 9.75. The number of pyridine rings is 1. The van der Waals surface area contributed by atoms with Gasteiger partial charge in [-0.05, 0) is 50.2 Å². The summed E-state index contributed by atoms with van der Waals surface area (Å²) in [6.07, 6.45) is 6.27. The molecule has 1 aromatic heterocycles. The minimum absolute atomic E-state index is 0.191. The monoisotopic (exact) mass is 250 g/mol. The van der Waals surface area contributed by atoms with Gasteiger partial charge in [-0.2, -0.15) is 0 Å². The van der Waals surface area contributed by atoms with Crippen LogP contribution in [0.1, 0.15) is 58.2 Å². The molecule has 1 aromatic rings. The topological polar surface area (TPSA) is 24.9 Å². The highest BCUT2D eigenvalue weighted by Crippen LogP contribution is 2.35. The van der Waals surface area contributed by atoms with E-state index >= 15 is 0 Å². The van der Waals surface area contributed by atoms with Crippen molar-refractivity contribution in [2.24, 2.45) is 5.41 Å². The van der Waals surface area contributed by atoms with Crippen LogP contribution in [0.15, 0.2) is 18.3 Å². The lowest BCUT2D eigenvalue weighted by molar-refractivity contribution is 0.199. The van der Waals surface area contributed by atoms with Gasteiger partial charge in [-0.3, -0.25) is 4.98 Å². The summed E-state index contributed by atoms with van der Waals surface area (Å²) in [5.41, 5.74) is 1.41. The first kappa shape index (κ1) is 13.5. The van der Waals surface area contributed by atoms with Gasteiger partial charge in [0, 0.05) is 12.1 Å². The molecule has 1 saturated carbocycles. The molecule has 1 aliphatic rings. The molecular weight excluding hydrogens is 227 g/mol. The summed E-state index contributed by atoms with van der Waals surface area (Å²) in [6, 6.07) is 4.00. The summed E-state index contributed by atoms with van der Waals surface area (Å²) in [7, 11) is 0. The average molecular weight is 250 g/mol. The van der Waals surface area contributed by atoms with E-state index in [4.69, 9.17) is 0 Å². The van der Waals surface area contributed by atoms with E-state index < -0.39 is 0 Å². The maximum Gasteiger partial charge on any atom is 0.141 e. The van der Waals surface area contributed by atoms with Crippen LogP contribution < -0.4 is 5.32 Å². The van der Waals surface area contributed by atoms with Crippen molar-refractivity contribution in [3.8, 4) is 0 Å². The first-order chi connectivity index (χ1) is 8.46. The fraction of sp³-hybridized carbons (Fsp3) is 0.667. The van der Waals surface area contributed by atoms with Crippen LogP contribution in [-0.2, 0) is 0 Å². The second kappa shape index (κ2) is 5.35. The molecule has 0 radical (unpaired) electrons. The van der Waals surface area contributed by atoms with Crippen LogP contribution in [0.2, 0.25) is 0 Å². The molecule has 1 atom stereocenters. The van der Waals surface area contributed by atoms with Crippen molar-refractivity contribution in [2.45, 2.75) is 58.5 Å². The van der Waals surface area contributed by atoms with Crippen molar-refractivity contribution in [2.75, 3.05) is 0 Å². The van der Waals surface area contributed by atoms with E-state index in [-0.39, 0.29) is 11.9 Å². The molecule has 1 heterocycles. The number of halogens is 1. The molecular formula is C15H23FN2. The van der Waals surface area contributed by atoms with Gasteiger partial charge in [0.05, 0.1) is 11.9 Å². The van der Waals surface area contributed by atoms with E-state index in [9.17, 15) is 4.39 Å². The van der Waals surface area contributed by atoms with Crippen molar-refractivity contribution >= 4 is 0 Å². The standard InChI is InChI=1S/C15H23FN2/c1-11(14-5-4-12(16)10-17-14)18-13-6-8-15(2,3)9-7-13/h4-5,10-11,13,18H,6-9H2,1-3H3. The van der Waals surface area contributed by atoms with Gasteiger partial charge < -0.3 is 5.32 Å². The average Bonchev–Trinajstić information content (AvgIpc) is 2.33. The van der Waals surface area contributed by atoms with Gasteiger partial charge in [0.2, 0.25) is 0 Å². The predicted molar refractivity (Wildman–Crippen MR) is 71.8 cm³/mol. The number of rotatable bonds is 3. The lowest BCUT2D eigenvalue weighted by Crippen LogP contribution is -2.37. The molecule has 0 saturated heterocycles. The molecule has 0 bridgehead atoms. The Morgan fingerprint density at radius 2 is 2.00 bits per heavy atom. The molecule has 100 valence electrons. The molecule has 1 N–H and O–H groups in total. The number of nitrogens with zero attached hydrogens (tertiary/aromatic N) is 1. The molecule has 1 fully saturated rings.